The Balaban J connectivity index is 2.58. The second-order valence-corrected chi connectivity index (χ2v) is 3.71. The van der Waals surface area contributed by atoms with Crippen LogP contribution in [0.3, 0.4) is 0 Å². The summed E-state index contributed by atoms with van der Waals surface area (Å²) in [5.74, 6) is -1.03. The number of H-pyrrole nitrogens is 1. The van der Waals surface area contributed by atoms with Crippen LogP contribution in [0.5, 0.6) is 0 Å². The Hall–Kier alpha value is -1.59. The number of unbranched alkanes of at least 4 members (excludes halogenated alkanes) is 3. The van der Waals surface area contributed by atoms with Gasteiger partial charge < -0.3 is 5.11 Å². The molecule has 0 amide bonds. The lowest BCUT2D eigenvalue weighted by Crippen LogP contribution is -2.42. The number of hydrogen-bond acceptors (Lipinski definition) is 3. The highest BCUT2D eigenvalue weighted by atomic mass is 16.5. The van der Waals surface area contributed by atoms with E-state index in [1.165, 1.54) is 4.68 Å². The predicted octanol–water partition coefficient (Wildman–Crippen LogP) is 0.463. The number of aromatic nitrogens is 2. The van der Waals surface area contributed by atoms with Gasteiger partial charge in [0.05, 0.1) is 0 Å². The molecule has 16 heavy (non-hydrogen) atoms. The van der Waals surface area contributed by atoms with Crippen molar-refractivity contribution in [3.63, 3.8) is 0 Å². The quantitative estimate of drug-likeness (QED) is 0.525. The number of carboxylic acids is 1. The van der Waals surface area contributed by atoms with Gasteiger partial charge in [-0.2, -0.15) is 0 Å². The van der Waals surface area contributed by atoms with Crippen molar-refractivity contribution in [3.05, 3.63) is 16.1 Å². The first-order chi connectivity index (χ1) is 7.65. The minimum Gasteiger partial charge on any atom is -0.481 e. The van der Waals surface area contributed by atoms with Gasteiger partial charge in [0.15, 0.2) is 6.54 Å². The molecule has 1 aromatic rings. The van der Waals surface area contributed by atoms with E-state index in [0.717, 1.165) is 25.7 Å². The zero-order valence-electron chi connectivity index (χ0n) is 9.36. The van der Waals surface area contributed by atoms with Crippen molar-refractivity contribution >= 4 is 5.97 Å². The van der Waals surface area contributed by atoms with Crippen LogP contribution in [0.15, 0.2) is 9.32 Å². The topological polar surface area (TPSA) is 87.2 Å². The Morgan fingerprint density at radius 2 is 2.19 bits per heavy atom. The number of hydrogen-bond donors (Lipinski definition) is 2. The van der Waals surface area contributed by atoms with E-state index in [9.17, 15) is 9.59 Å². The first kappa shape index (κ1) is 12.5. The molecule has 1 heterocycles. The molecule has 0 aromatic carbocycles. The fourth-order valence-corrected chi connectivity index (χ4v) is 1.51. The lowest BCUT2D eigenvalue weighted by molar-refractivity contribution is -0.768. The molecule has 6 heteroatoms. The van der Waals surface area contributed by atoms with Gasteiger partial charge in [0.25, 0.3) is 0 Å². The Morgan fingerprint density at radius 1 is 1.44 bits per heavy atom. The summed E-state index contributed by atoms with van der Waals surface area (Å²) < 4.78 is 6.05. The zero-order chi connectivity index (χ0) is 12.0. The van der Waals surface area contributed by atoms with Crippen molar-refractivity contribution in [1.29, 1.82) is 0 Å². The summed E-state index contributed by atoms with van der Waals surface area (Å²) in [6.07, 6.45) is 3.93. The number of carbonyl (C=O) groups is 1. The SMILES string of the molecule is CCCCCC[n+]1[nH]oc(=O)c1CC(=O)O. The summed E-state index contributed by atoms with van der Waals surface area (Å²) >= 11 is 0. The van der Waals surface area contributed by atoms with Crippen molar-refractivity contribution in [3.8, 4) is 0 Å². The molecule has 0 aliphatic heterocycles. The molecule has 2 N–H and O–H groups in total. The average molecular weight is 229 g/mol. The summed E-state index contributed by atoms with van der Waals surface area (Å²) in [5, 5.41) is 11.1. The summed E-state index contributed by atoms with van der Waals surface area (Å²) in [4.78, 5) is 21.7. The van der Waals surface area contributed by atoms with Gasteiger partial charge >= 0.3 is 17.3 Å². The second kappa shape index (κ2) is 6.09. The minimum atomic E-state index is -1.03. The molecule has 0 atom stereocenters. The average Bonchev–Trinajstić information content (AvgIpc) is 2.56. The molecule has 6 nitrogen and oxygen atoms in total. The van der Waals surface area contributed by atoms with Crippen molar-refractivity contribution in [2.45, 2.75) is 45.6 Å². The lowest BCUT2D eigenvalue weighted by atomic mass is 10.2. The van der Waals surface area contributed by atoms with Gasteiger partial charge in [0.1, 0.15) is 6.42 Å². The Morgan fingerprint density at radius 3 is 2.81 bits per heavy atom. The van der Waals surface area contributed by atoms with E-state index in [-0.39, 0.29) is 12.1 Å². The number of aliphatic carboxylic acids is 1. The molecule has 0 unspecified atom stereocenters. The summed E-state index contributed by atoms with van der Waals surface area (Å²) in [6, 6.07) is 0. The third-order valence-corrected chi connectivity index (χ3v) is 2.36. The molecule has 0 spiro atoms. The molecule has 1 rings (SSSR count). The van der Waals surface area contributed by atoms with Crippen molar-refractivity contribution < 1.29 is 19.1 Å². The van der Waals surface area contributed by atoms with Crippen LogP contribution >= 0.6 is 0 Å². The number of aryl methyl sites for hydroxylation is 1. The number of rotatable bonds is 7. The van der Waals surface area contributed by atoms with E-state index in [1.807, 2.05) is 0 Å². The van der Waals surface area contributed by atoms with Gasteiger partial charge in [-0.3, -0.25) is 9.32 Å². The maximum Gasteiger partial charge on any atom is 0.430 e. The molecular weight excluding hydrogens is 212 g/mol. The minimum absolute atomic E-state index is 0.170. The van der Waals surface area contributed by atoms with Gasteiger partial charge in [-0.15, -0.1) is 0 Å². The van der Waals surface area contributed by atoms with Gasteiger partial charge in [-0.1, -0.05) is 24.4 Å². The molecule has 0 aliphatic carbocycles. The van der Waals surface area contributed by atoms with Gasteiger partial charge in [0, 0.05) is 6.42 Å². The Kier molecular flexibility index (Phi) is 4.75. The summed E-state index contributed by atoms with van der Waals surface area (Å²) in [5.41, 5.74) is -0.429. The van der Waals surface area contributed by atoms with Gasteiger partial charge in [0.2, 0.25) is 0 Å². The van der Waals surface area contributed by atoms with E-state index >= 15 is 0 Å². The van der Waals surface area contributed by atoms with Crippen LogP contribution in [-0.4, -0.2) is 16.3 Å². The fraction of sp³-hybridized carbons (Fsp3) is 0.700. The maximum atomic E-state index is 11.2. The van der Waals surface area contributed by atoms with E-state index in [0.29, 0.717) is 6.54 Å². The second-order valence-electron chi connectivity index (χ2n) is 3.71. The van der Waals surface area contributed by atoms with Crippen LogP contribution in [0, 0.1) is 0 Å². The zero-order valence-corrected chi connectivity index (χ0v) is 9.36. The molecule has 0 bridgehead atoms. The third kappa shape index (κ3) is 3.52. The highest BCUT2D eigenvalue weighted by Gasteiger charge is 2.22. The largest absolute Gasteiger partial charge is 0.481 e. The van der Waals surface area contributed by atoms with E-state index in [2.05, 4.69) is 16.7 Å². The monoisotopic (exact) mass is 229 g/mol. The van der Waals surface area contributed by atoms with Crippen LogP contribution in [0.4, 0.5) is 0 Å². The summed E-state index contributed by atoms with van der Waals surface area (Å²) in [7, 11) is 0. The normalized spacial score (nSPS) is 10.6. The first-order valence-electron chi connectivity index (χ1n) is 5.47. The highest BCUT2D eigenvalue weighted by molar-refractivity contribution is 5.68. The molecule has 0 fully saturated rings. The van der Waals surface area contributed by atoms with Crippen LogP contribution in [0.1, 0.15) is 38.3 Å². The van der Waals surface area contributed by atoms with Crippen molar-refractivity contribution in [1.82, 2.24) is 5.27 Å². The standard InChI is InChI=1S/C10H16N2O4/c1-2-3-4-5-6-12-8(7-9(13)14)10(15)16-11-12/h2-7H2,1H3,(H-,11,13,14,15)/p+1. The molecule has 1 aromatic heterocycles. The van der Waals surface area contributed by atoms with E-state index in [4.69, 9.17) is 5.11 Å². The highest BCUT2D eigenvalue weighted by Crippen LogP contribution is 1.98. The van der Waals surface area contributed by atoms with Crippen LogP contribution in [-0.2, 0) is 17.8 Å². The molecule has 0 saturated heterocycles. The molecular formula is C10H17N2O4+. The Bertz CT molecular complexity index is 394. The predicted molar refractivity (Wildman–Crippen MR) is 55.0 cm³/mol. The number of aromatic amines is 1. The van der Waals surface area contributed by atoms with Crippen molar-refractivity contribution in [2.75, 3.05) is 0 Å². The fourth-order valence-electron chi connectivity index (χ4n) is 1.51. The number of nitrogens with zero attached hydrogens (tertiary/aromatic N) is 1. The van der Waals surface area contributed by atoms with Crippen LogP contribution in [0.2, 0.25) is 0 Å². The first-order valence-corrected chi connectivity index (χ1v) is 5.47. The van der Waals surface area contributed by atoms with Gasteiger partial charge in [-0.05, 0) is 11.7 Å². The van der Waals surface area contributed by atoms with Gasteiger partial charge in [-0.25, -0.2) is 4.79 Å². The third-order valence-electron chi connectivity index (χ3n) is 2.36. The summed E-state index contributed by atoms with van der Waals surface area (Å²) in [6.45, 7) is 2.71. The molecule has 0 aliphatic rings. The Labute approximate surface area is 92.8 Å². The van der Waals surface area contributed by atoms with Crippen LogP contribution < -0.4 is 10.3 Å². The number of carboxylic acid groups (broad SMARTS) is 1. The number of nitrogens with one attached hydrogen (secondary N) is 1. The lowest BCUT2D eigenvalue weighted by Gasteiger charge is -1.94. The maximum absolute atomic E-state index is 11.2. The smallest absolute Gasteiger partial charge is 0.430 e. The van der Waals surface area contributed by atoms with E-state index < -0.39 is 11.6 Å². The molecule has 0 saturated carbocycles. The van der Waals surface area contributed by atoms with Crippen molar-refractivity contribution in [2.24, 2.45) is 0 Å². The van der Waals surface area contributed by atoms with Crippen LogP contribution in [0.25, 0.3) is 0 Å². The molecule has 90 valence electrons. The molecule has 0 radical (unpaired) electrons. The van der Waals surface area contributed by atoms with E-state index in [1.54, 1.807) is 0 Å².